The van der Waals surface area contributed by atoms with Gasteiger partial charge in [0, 0.05) is 45.4 Å². The molecule has 1 aliphatic carbocycles. The summed E-state index contributed by atoms with van der Waals surface area (Å²) in [7, 11) is -3.36. The summed E-state index contributed by atoms with van der Waals surface area (Å²) in [6.45, 7) is 8.34. The molecule has 2 saturated heterocycles. The Morgan fingerprint density at radius 3 is 2.50 bits per heavy atom. The third kappa shape index (κ3) is 5.26. The normalized spacial score (nSPS) is 25.2. The van der Waals surface area contributed by atoms with E-state index in [9.17, 15) is 8.42 Å². The number of imidazole rings is 1. The zero-order valence-electron chi connectivity index (χ0n) is 18.5. The van der Waals surface area contributed by atoms with E-state index >= 15 is 0 Å². The Balaban J connectivity index is 1.43. The predicted molar refractivity (Wildman–Crippen MR) is 117 cm³/mol. The van der Waals surface area contributed by atoms with Gasteiger partial charge >= 0.3 is 0 Å². The fourth-order valence-corrected chi connectivity index (χ4v) is 6.74. The lowest BCUT2D eigenvalue weighted by atomic mass is 9.94. The lowest BCUT2D eigenvalue weighted by Gasteiger charge is -2.40. The minimum atomic E-state index is -3.36. The first-order valence-corrected chi connectivity index (χ1v) is 13.6. The summed E-state index contributed by atoms with van der Waals surface area (Å²) in [6, 6.07) is 0.775. The number of piperazine rings is 1. The number of sulfone groups is 1. The van der Waals surface area contributed by atoms with Gasteiger partial charge in [-0.1, -0.05) is 26.2 Å². The largest absolute Gasteiger partial charge is 0.376 e. The maximum atomic E-state index is 12.8. The third-order valence-corrected chi connectivity index (χ3v) is 8.77. The summed E-state index contributed by atoms with van der Waals surface area (Å²) in [5, 5.41) is 0.232. The van der Waals surface area contributed by atoms with E-state index in [1.54, 1.807) is 6.20 Å². The Morgan fingerprint density at radius 2 is 1.83 bits per heavy atom. The van der Waals surface area contributed by atoms with E-state index < -0.39 is 9.84 Å². The fourth-order valence-electron chi connectivity index (χ4n) is 5.28. The van der Waals surface area contributed by atoms with Crippen LogP contribution >= 0.6 is 0 Å². The summed E-state index contributed by atoms with van der Waals surface area (Å²) in [5.74, 6) is 0.148. The van der Waals surface area contributed by atoms with Crippen molar-refractivity contribution >= 4 is 9.84 Å². The number of nitrogens with zero attached hydrogens (tertiary/aromatic N) is 4. The van der Waals surface area contributed by atoms with Crippen LogP contribution in [0.25, 0.3) is 0 Å². The van der Waals surface area contributed by atoms with Gasteiger partial charge in [-0.3, -0.25) is 9.80 Å². The smallest absolute Gasteiger partial charge is 0.227 e. The fraction of sp³-hybridized carbons (Fsp3) is 0.864. The van der Waals surface area contributed by atoms with Crippen molar-refractivity contribution in [3.05, 3.63) is 11.9 Å². The van der Waals surface area contributed by atoms with Crippen molar-refractivity contribution < 1.29 is 13.2 Å². The van der Waals surface area contributed by atoms with Gasteiger partial charge in [0.15, 0.2) is 0 Å². The molecule has 0 N–H and O–H groups in total. The molecule has 3 aliphatic rings. The molecule has 1 atom stereocenters. The van der Waals surface area contributed by atoms with Crippen LogP contribution in [0, 0.1) is 0 Å². The highest BCUT2D eigenvalue weighted by atomic mass is 32.2. The Hall–Kier alpha value is -0.960. The van der Waals surface area contributed by atoms with Gasteiger partial charge in [-0.15, -0.1) is 0 Å². The van der Waals surface area contributed by atoms with E-state index in [4.69, 9.17) is 4.74 Å². The molecule has 0 bridgehead atoms. The molecule has 1 aromatic rings. The highest BCUT2D eigenvalue weighted by Gasteiger charge is 2.29. The second-order valence-corrected chi connectivity index (χ2v) is 11.2. The molecule has 1 aromatic heterocycles. The molecule has 3 fully saturated rings. The Kier molecular flexibility index (Phi) is 7.49. The summed E-state index contributed by atoms with van der Waals surface area (Å²) >= 11 is 0. The van der Waals surface area contributed by atoms with E-state index in [0.29, 0.717) is 13.0 Å². The van der Waals surface area contributed by atoms with Crippen LogP contribution in [-0.2, 0) is 27.7 Å². The molecule has 0 aromatic carbocycles. The van der Waals surface area contributed by atoms with Crippen LogP contribution in [0.3, 0.4) is 0 Å². The molecule has 2 aliphatic heterocycles. The van der Waals surface area contributed by atoms with Crippen molar-refractivity contribution in [2.75, 3.05) is 38.5 Å². The number of hydrogen-bond acceptors (Lipinski definition) is 6. The van der Waals surface area contributed by atoms with E-state index in [1.165, 1.54) is 32.1 Å². The SMILES string of the molecule is CCCS(=O)(=O)c1ncc(CN2CCN(C3CCCCC3)CC2)n1C[C@H]1CCCO1. The van der Waals surface area contributed by atoms with Crippen LogP contribution in [0.5, 0.6) is 0 Å². The molecular formula is C22H38N4O3S. The van der Waals surface area contributed by atoms with Crippen molar-refractivity contribution in [3.8, 4) is 0 Å². The monoisotopic (exact) mass is 438 g/mol. The first-order valence-electron chi connectivity index (χ1n) is 11.9. The lowest BCUT2D eigenvalue weighted by Crippen LogP contribution is -2.50. The molecule has 0 unspecified atom stereocenters. The Bertz CT molecular complexity index is 774. The third-order valence-electron chi connectivity index (χ3n) is 6.95. The molecule has 30 heavy (non-hydrogen) atoms. The maximum Gasteiger partial charge on any atom is 0.227 e. The van der Waals surface area contributed by atoms with Crippen LogP contribution < -0.4 is 0 Å². The Morgan fingerprint density at radius 1 is 1.07 bits per heavy atom. The van der Waals surface area contributed by atoms with Crippen LogP contribution in [0.4, 0.5) is 0 Å². The number of hydrogen-bond donors (Lipinski definition) is 0. The number of ether oxygens (including phenoxy) is 1. The zero-order chi connectivity index (χ0) is 21.0. The van der Waals surface area contributed by atoms with Crippen molar-refractivity contribution in [2.24, 2.45) is 0 Å². The number of rotatable bonds is 8. The first kappa shape index (κ1) is 22.2. The minimum absolute atomic E-state index is 0.0941. The van der Waals surface area contributed by atoms with Crippen LogP contribution in [0.2, 0.25) is 0 Å². The minimum Gasteiger partial charge on any atom is -0.376 e. The molecule has 0 amide bonds. The van der Waals surface area contributed by atoms with Gasteiger partial charge in [0.2, 0.25) is 15.0 Å². The van der Waals surface area contributed by atoms with Crippen molar-refractivity contribution in [2.45, 2.75) is 88.7 Å². The summed E-state index contributed by atoms with van der Waals surface area (Å²) in [4.78, 5) is 9.52. The second kappa shape index (κ2) is 10.1. The van der Waals surface area contributed by atoms with E-state index in [1.807, 2.05) is 11.5 Å². The predicted octanol–water partition coefficient (Wildman–Crippen LogP) is 2.70. The molecule has 7 nitrogen and oxygen atoms in total. The highest BCUT2D eigenvalue weighted by Crippen LogP contribution is 2.25. The van der Waals surface area contributed by atoms with Crippen molar-refractivity contribution in [1.82, 2.24) is 19.4 Å². The molecular weight excluding hydrogens is 400 g/mol. The average Bonchev–Trinajstić information content (AvgIpc) is 3.40. The van der Waals surface area contributed by atoms with E-state index in [-0.39, 0.29) is 17.0 Å². The molecule has 4 rings (SSSR count). The molecule has 170 valence electrons. The van der Waals surface area contributed by atoms with Crippen LogP contribution in [0.15, 0.2) is 11.4 Å². The molecule has 0 radical (unpaired) electrons. The maximum absolute atomic E-state index is 12.8. The van der Waals surface area contributed by atoms with Gasteiger partial charge < -0.3 is 9.30 Å². The molecule has 1 saturated carbocycles. The van der Waals surface area contributed by atoms with Gasteiger partial charge in [-0.2, -0.15) is 0 Å². The topological polar surface area (TPSA) is 67.7 Å². The van der Waals surface area contributed by atoms with Crippen molar-refractivity contribution in [1.29, 1.82) is 0 Å². The molecule has 8 heteroatoms. The summed E-state index contributed by atoms with van der Waals surface area (Å²) < 4.78 is 33.4. The van der Waals surface area contributed by atoms with Gasteiger partial charge in [-0.05, 0) is 32.1 Å². The standard InChI is InChI=1S/C22H38N4O3S/c1-2-15-30(27,28)22-23-16-20(26(22)18-21-9-6-14-29-21)17-24-10-12-25(13-11-24)19-7-4-3-5-8-19/h16,19,21H,2-15,17-18H2,1H3/t21-/m1/s1. The quantitative estimate of drug-likeness (QED) is 0.622. The molecule has 3 heterocycles. The number of aromatic nitrogens is 2. The average molecular weight is 439 g/mol. The molecule has 0 spiro atoms. The van der Waals surface area contributed by atoms with Gasteiger partial charge in [0.1, 0.15) is 0 Å². The van der Waals surface area contributed by atoms with Crippen LogP contribution in [-0.4, -0.2) is 78.5 Å². The highest BCUT2D eigenvalue weighted by molar-refractivity contribution is 7.91. The van der Waals surface area contributed by atoms with Crippen molar-refractivity contribution in [3.63, 3.8) is 0 Å². The first-order chi connectivity index (χ1) is 14.6. The summed E-state index contributed by atoms with van der Waals surface area (Å²) in [5.41, 5.74) is 1.01. The lowest BCUT2D eigenvalue weighted by molar-refractivity contribution is 0.0719. The van der Waals surface area contributed by atoms with Crippen LogP contribution in [0.1, 0.15) is 64.0 Å². The zero-order valence-corrected chi connectivity index (χ0v) is 19.3. The van der Waals surface area contributed by atoms with E-state index in [2.05, 4.69) is 14.8 Å². The van der Waals surface area contributed by atoms with Gasteiger partial charge in [0.25, 0.3) is 0 Å². The van der Waals surface area contributed by atoms with Gasteiger partial charge in [0.05, 0.1) is 30.3 Å². The van der Waals surface area contributed by atoms with Gasteiger partial charge in [-0.25, -0.2) is 13.4 Å². The van der Waals surface area contributed by atoms with E-state index in [0.717, 1.165) is 63.9 Å². The Labute approximate surface area is 181 Å². The second-order valence-electron chi connectivity index (χ2n) is 9.20. The summed E-state index contributed by atoms with van der Waals surface area (Å²) in [6.07, 6.45) is 11.4.